The number of esters is 1. The van der Waals surface area contributed by atoms with Gasteiger partial charge in [-0.25, -0.2) is 4.79 Å². The minimum atomic E-state index is -5.29. The van der Waals surface area contributed by atoms with Gasteiger partial charge in [-0.1, -0.05) is 18.9 Å². The second-order valence-corrected chi connectivity index (χ2v) is 7.50. The highest BCUT2D eigenvalue weighted by atomic mass is 19.4. The third-order valence-corrected chi connectivity index (χ3v) is 5.78. The highest BCUT2D eigenvalue weighted by molar-refractivity contribution is 6.11. The van der Waals surface area contributed by atoms with Gasteiger partial charge in [0.05, 0.1) is 14.2 Å². The first-order valence-electron chi connectivity index (χ1n) is 9.75. The van der Waals surface area contributed by atoms with Crippen LogP contribution in [0, 0.1) is 0 Å². The van der Waals surface area contributed by atoms with Crippen molar-refractivity contribution in [1.82, 2.24) is 10.2 Å². The SMILES string of the molecule is COC(=O)C1=C(C)N(C2CCCC2)C(=O)[C@]1(NC(=O)c1cccc(OC)c1)C(F)(F)F. The lowest BCUT2D eigenvalue weighted by Crippen LogP contribution is -2.66. The summed E-state index contributed by atoms with van der Waals surface area (Å²) in [5.74, 6) is -3.65. The molecule has 1 N–H and O–H groups in total. The van der Waals surface area contributed by atoms with Gasteiger partial charge in [0.1, 0.15) is 11.3 Å². The van der Waals surface area contributed by atoms with E-state index in [1.54, 1.807) is 0 Å². The predicted octanol–water partition coefficient (Wildman–Crippen LogP) is 2.96. The predicted molar refractivity (Wildman–Crippen MR) is 103 cm³/mol. The van der Waals surface area contributed by atoms with Crippen LogP contribution in [-0.2, 0) is 14.3 Å². The van der Waals surface area contributed by atoms with Crippen LogP contribution >= 0.6 is 0 Å². The molecule has 0 aromatic heterocycles. The van der Waals surface area contributed by atoms with E-state index in [0.717, 1.165) is 24.9 Å². The van der Waals surface area contributed by atoms with E-state index in [2.05, 4.69) is 4.74 Å². The lowest BCUT2D eigenvalue weighted by molar-refractivity contribution is -0.192. The minimum Gasteiger partial charge on any atom is -0.497 e. The van der Waals surface area contributed by atoms with Gasteiger partial charge in [-0.05, 0) is 38.0 Å². The molecule has 0 spiro atoms. The summed E-state index contributed by atoms with van der Waals surface area (Å²) < 4.78 is 53.2. The van der Waals surface area contributed by atoms with Gasteiger partial charge in [-0.2, -0.15) is 13.2 Å². The number of allylic oxidation sites excluding steroid dienone is 1. The van der Waals surface area contributed by atoms with Crippen LogP contribution in [0.15, 0.2) is 35.5 Å². The van der Waals surface area contributed by atoms with Crippen molar-refractivity contribution < 1.29 is 37.0 Å². The monoisotopic (exact) mass is 440 g/mol. The summed E-state index contributed by atoms with van der Waals surface area (Å²) in [4.78, 5) is 39.6. The first kappa shape index (κ1) is 22.6. The summed E-state index contributed by atoms with van der Waals surface area (Å²) in [6.45, 7) is 1.27. The number of hydrogen-bond acceptors (Lipinski definition) is 5. The molecule has 1 aromatic carbocycles. The van der Waals surface area contributed by atoms with Gasteiger partial charge >= 0.3 is 12.1 Å². The highest BCUT2D eigenvalue weighted by Gasteiger charge is 2.71. The van der Waals surface area contributed by atoms with Crippen molar-refractivity contribution in [3.05, 3.63) is 41.1 Å². The molecule has 0 radical (unpaired) electrons. The molecule has 2 amide bonds. The van der Waals surface area contributed by atoms with Gasteiger partial charge in [0.2, 0.25) is 0 Å². The summed E-state index contributed by atoms with van der Waals surface area (Å²) in [5, 5.41) is 1.83. The smallest absolute Gasteiger partial charge is 0.425 e. The zero-order valence-electron chi connectivity index (χ0n) is 17.3. The first-order valence-corrected chi connectivity index (χ1v) is 9.75. The molecule has 10 heteroatoms. The Bertz CT molecular complexity index is 937. The number of benzene rings is 1. The second kappa shape index (κ2) is 8.24. The van der Waals surface area contributed by atoms with Crippen LogP contribution in [0.1, 0.15) is 43.0 Å². The fraction of sp³-hybridized carbons (Fsp3) is 0.476. The molecule has 7 nitrogen and oxygen atoms in total. The summed E-state index contributed by atoms with van der Waals surface area (Å²) in [5.41, 5.74) is -4.79. The molecule has 1 heterocycles. The largest absolute Gasteiger partial charge is 0.497 e. The number of hydrogen-bond donors (Lipinski definition) is 1. The van der Waals surface area contributed by atoms with E-state index < -0.39 is 41.1 Å². The van der Waals surface area contributed by atoms with Gasteiger partial charge in [-0.3, -0.25) is 9.59 Å². The average molecular weight is 440 g/mol. The fourth-order valence-corrected chi connectivity index (χ4v) is 4.29. The first-order chi connectivity index (χ1) is 14.6. The van der Waals surface area contributed by atoms with Gasteiger partial charge in [-0.15, -0.1) is 0 Å². The summed E-state index contributed by atoms with van der Waals surface area (Å²) in [6, 6.07) is 4.98. The lowest BCUT2D eigenvalue weighted by atomic mass is 9.88. The van der Waals surface area contributed by atoms with Crippen molar-refractivity contribution in [2.75, 3.05) is 14.2 Å². The number of rotatable bonds is 5. The van der Waals surface area contributed by atoms with Gasteiger partial charge in [0.15, 0.2) is 0 Å². The molecule has 1 aromatic rings. The number of halogens is 3. The Labute approximate surface area is 177 Å². The summed E-state index contributed by atoms with van der Waals surface area (Å²) in [6.07, 6.45) is -2.77. The maximum atomic E-state index is 14.5. The van der Waals surface area contributed by atoms with Crippen molar-refractivity contribution in [2.45, 2.75) is 50.4 Å². The molecule has 1 aliphatic heterocycles. The molecule has 168 valence electrons. The minimum absolute atomic E-state index is 0.156. The fourth-order valence-electron chi connectivity index (χ4n) is 4.29. The molecule has 1 saturated carbocycles. The maximum Gasteiger partial charge on any atom is 0.425 e. The zero-order valence-corrected chi connectivity index (χ0v) is 17.3. The van der Waals surface area contributed by atoms with Crippen LogP contribution in [0.4, 0.5) is 13.2 Å². The van der Waals surface area contributed by atoms with Gasteiger partial charge in [0.25, 0.3) is 17.4 Å². The van der Waals surface area contributed by atoms with Crippen LogP contribution in [0.5, 0.6) is 5.75 Å². The van der Waals surface area contributed by atoms with E-state index in [1.165, 1.54) is 38.3 Å². The molecule has 0 saturated heterocycles. The third kappa shape index (κ3) is 3.64. The zero-order chi connectivity index (χ0) is 23.0. The Hall–Kier alpha value is -3.04. The number of carbonyl (C=O) groups excluding carboxylic acids is 3. The van der Waals surface area contributed by atoms with Crippen LogP contribution in [0.25, 0.3) is 0 Å². The average Bonchev–Trinajstić information content (AvgIpc) is 3.32. The highest BCUT2D eigenvalue weighted by Crippen LogP contribution is 2.47. The number of methoxy groups -OCH3 is 2. The van der Waals surface area contributed by atoms with E-state index in [0.29, 0.717) is 12.8 Å². The van der Waals surface area contributed by atoms with E-state index in [4.69, 9.17) is 4.74 Å². The van der Waals surface area contributed by atoms with Gasteiger partial charge in [0, 0.05) is 17.3 Å². The van der Waals surface area contributed by atoms with Crippen molar-refractivity contribution in [1.29, 1.82) is 0 Å². The molecule has 0 unspecified atom stereocenters. The molecule has 1 atom stereocenters. The molecular formula is C21H23F3N2O5. The Kier molecular flexibility index (Phi) is 6.02. The number of amides is 2. The number of nitrogens with zero attached hydrogens (tertiary/aromatic N) is 1. The lowest BCUT2D eigenvalue weighted by Gasteiger charge is -2.34. The van der Waals surface area contributed by atoms with Crippen molar-refractivity contribution in [3.8, 4) is 5.75 Å². The standard InChI is InChI=1S/C21H23F3N2O5/c1-12-16(18(28)31-3)20(21(22,23)24,19(29)26(12)14-8-4-5-9-14)25-17(27)13-7-6-10-15(11-13)30-2/h6-7,10-11,14H,4-5,8-9H2,1-3H3,(H,25,27)/t20-/m0/s1. The van der Waals surface area contributed by atoms with Gasteiger partial charge < -0.3 is 19.7 Å². The molecule has 1 fully saturated rings. The summed E-state index contributed by atoms with van der Waals surface area (Å²) >= 11 is 0. The maximum absolute atomic E-state index is 14.5. The van der Waals surface area contributed by atoms with Crippen LogP contribution in [0.2, 0.25) is 0 Å². The normalized spacial score (nSPS) is 22.1. The Balaban J connectivity index is 2.14. The number of ether oxygens (including phenoxy) is 2. The summed E-state index contributed by atoms with van der Waals surface area (Å²) in [7, 11) is 2.27. The Morgan fingerprint density at radius 2 is 1.84 bits per heavy atom. The van der Waals surface area contributed by atoms with Crippen LogP contribution in [0.3, 0.4) is 0 Å². The van der Waals surface area contributed by atoms with Crippen LogP contribution < -0.4 is 10.1 Å². The molecule has 1 aliphatic carbocycles. The third-order valence-electron chi connectivity index (χ3n) is 5.78. The van der Waals surface area contributed by atoms with Crippen molar-refractivity contribution >= 4 is 17.8 Å². The van der Waals surface area contributed by atoms with Crippen LogP contribution in [-0.4, -0.2) is 54.7 Å². The van der Waals surface area contributed by atoms with E-state index in [-0.39, 0.29) is 17.0 Å². The Morgan fingerprint density at radius 3 is 2.39 bits per heavy atom. The molecule has 3 rings (SSSR count). The number of carbonyl (C=O) groups is 3. The molecule has 0 bridgehead atoms. The molecule has 2 aliphatic rings. The van der Waals surface area contributed by atoms with E-state index in [9.17, 15) is 27.6 Å². The Morgan fingerprint density at radius 1 is 1.19 bits per heavy atom. The second-order valence-electron chi connectivity index (χ2n) is 7.50. The van der Waals surface area contributed by atoms with E-state index >= 15 is 0 Å². The molecular weight excluding hydrogens is 417 g/mol. The topological polar surface area (TPSA) is 84.9 Å². The number of nitrogens with one attached hydrogen (secondary N) is 1. The van der Waals surface area contributed by atoms with Crippen molar-refractivity contribution in [2.24, 2.45) is 0 Å². The van der Waals surface area contributed by atoms with Crippen molar-refractivity contribution in [3.63, 3.8) is 0 Å². The number of alkyl halides is 3. The quantitative estimate of drug-likeness (QED) is 0.712. The van der Waals surface area contributed by atoms with E-state index in [1.807, 2.05) is 5.32 Å². The molecule has 31 heavy (non-hydrogen) atoms.